The van der Waals surface area contributed by atoms with Crippen molar-refractivity contribution in [2.24, 2.45) is 0 Å². The van der Waals surface area contributed by atoms with Crippen LogP contribution in [0.1, 0.15) is 12.8 Å². The van der Waals surface area contributed by atoms with Gasteiger partial charge < -0.3 is 15.5 Å². The Balaban J connectivity index is 1.63. The molecular formula is C15H20N6O. The Morgan fingerprint density at radius 2 is 1.91 bits per heavy atom. The molecule has 22 heavy (non-hydrogen) atoms. The molecule has 0 spiro atoms. The van der Waals surface area contributed by atoms with E-state index in [9.17, 15) is 4.79 Å². The van der Waals surface area contributed by atoms with Crippen LogP contribution in [0.5, 0.6) is 0 Å². The number of rotatable bonds is 3. The molecule has 1 amide bonds. The first-order chi connectivity index (χ1) is 10.7. The van der Waals surface area contributed by atoms with Gasteiger partial charge in [-0.1, -0.05) is 0 Å². The number of hydrogen-bond acceptors (Lipinski definition) is 5. The van der Waals surface area contributed by atoms with Gasteiger partial charge in [-0.2, -0.15) is 0 Å². The Morgan fingerprint density at radius 3 is 2.55 bits per heavy atom. The topological polar surface area (TPSA) is 75.1 Å². The third-order valence-electron chi connectivity index (χ3n) is 3.90. The van der Waals surface area contributed by atoms with Crippen LogP contribution in [0, 0.1) is 0 Å². The fraction of sp³-hybridized carbons (Fsp3) is 0.400. The monoisotopic (exact) mass is 300 g/mol. The maximum Gasteiger partial charge on any atom is 0.330 e. The number of carbonyl (C=O) groups excluding carboxylic acids is 1. The molecule has 0 aliphatic carbocycles. The van der Waals surface area contributed by atoms with Gasteiger partial charge in [0, 0.05) is 25.5 Å². The molecule has 2 N–H and O–H groups in total. The quantitative estimate of drug-likeness (QED) is 0.899. The summed E-state index contributed by atoms with van der Waals surface area (Å²) in [6.07, 6.45) is 8.84. The number of carbonyl (C=O) groups is 1. The van der Waals surface area contributed by atoms with Crippen LogP contribution < -0.4 is 15.5 Å². The lowest BCUT2D eigenvalue weighted by molar-refractivity contribution is 0.253. The van der Waals surface area contributed by atoms with E-state index >= 15 is 0 Å². The fourth-order valence-corrected chi connectivity index (χ4v) is 2.58. The predicted octanol–water partition coefficient (Wildman–Crippen LogP) is 1.55. The zero-order valence-corrected chi connectivity index (χ0v) is 12.6. The number of aromatic nitrogens is 3. The van der Waals surface area contributed by atoms with Crippen molar-refractivity contribution in [1.29, 1.82) is 0 Å². The fourth-order valence-electron chi connectivity index (χ4n) is 2.58. The van der Waals surface area contributed by atoms with Gasteiger partial charge in [0.1, 0.15) is 0 Å². The number of piperidine rings is 1. The van der Waals surface area contributed by atoms with E-state index in [2.05, 4.69) is 25.5 Å². The summed E-state index contributed by atoms with van der Waals surface area (Å²) in [5, 5.41) is 6.11. The van der Waals surface area contributed by atoms with Crippen molar-refractivity contribution in [3.8, 4) is 0 Å². The van der Waals surface area contributed by atoms with Crippen LogP contribution >= 0.6 is 0 Å². The molecule has 3 rings (SSSR count). The maximum absolute atomic E-state index is 11.9. The van der Waals surface area contributed by atoms with Gasteiger partial charge in [-0.3, -0.25) is 4.57 Å². The number of anilines is 2. The van der Waals surface area contributed by atoms with Crippen molar-refractivity contribution < 1.29 is 4.79 Å². The first-order valence-corrected chi connectivity index (χ1v) is 7.44. The van der Waals surface area contributed by atoms with E-state index < -0.39 is 0 Å². The second kappa shape index (κ2) is 6.57. The SMILES string of the molecule is CN(c1ncc(NC(=O)n2cccc2)cn1)C1CCNCC1. The minimum atomic E-state index is -0.229. The molecular weight excluding hydrogens is 280 g/mol. The molecule has 1 aliphatic heterocycles. The summed E-state index contributed by atoms with van der Waals surface area (Å²) in [5.41, 5.74) is 0.584. The van der Waals surface area contributed by atoms with E-state index in [4.69, 9.17) is 0 Å². The Kier molecular flexibility index (Phi) is 4.34. The predicted molar refractivity (Wildman–Crippen MR) is 85.2 cm³/mol. The third-order valence-corrected chi connectivity index (χ3v) is 3.90. The summed E-state index contributed by atoms with van der Waals surface area (Å²) in [6, 6.07) is 3.83. The number of nitrogens with one attached hydrogen (secondary N) is 2. The third kappa shape index (κ3) is 3.25. The summed E-state index contributed by atoms with van der Waals surface area (Å²) in [5.74, 6) is 0.686. The van der Waals surface area contributed by atoms with Crippen molar-refractivity contribution in [3.63, 3.8) is 0 Å². The summed E-state index contributed by atoms with van der Waals surface area (Å²) in [4.78, 5) is 22.7. The first kappa shape index (κ1) is 14.5. The average molecular weight is 300 g/mol. The van der Waals surface area contributed by atoms with Crippen molar-refractivity contribution in [2.75, 3.05) is 30.4 Å². The van der Waals surface area contributed by atoms with Crippen LogP contribution in [0.3, 0.4) is 0 Å². The minimum Gasteiger partial charge on any atom is -0.341 e. The van der Waals surface area contributed by atoms with E-state index in [1.165, 1.54) is 4.57 Å². The van der Waals surface area contributed by atoms with Crippen LogP contribution in [0.2, 0.25) is 0 Å². The zero-order chi connectivity index (χ0) is 15.4. The van der Waals surface area contributed by atoms with Crippen molar-refractivity contribution in [3.05, 3.63) is 36.9 Å². The van der Waals surface area contributed by atoms with Crippen molar-refractivity contribution >= 4 is 17.7 Å². The largest absolute Gasteiger partial charge is 0.341 e. The Bertz CT molecular complexity index is 603. The highest BCUT2D eigenvalue weighted by molar-refractivity contribution is 5.90. The highest BCUT2D eigenvalue weighted by Crippen LogP contribution is 2.16. The van der Waals surface area contributed by atoms with Crippen molar-refractivity contribution in [1.82, 2.24) is 19.9 Å². The molecule has 0 unspecified atom stereocenters. The van der Waals surface area contributed by atoms with Gasteiger partial charge in [0.25, 0.3) is 0 Å². The Hall–Kier alpha value is -2.41. The van der Waals surface area contributed by atoms with Crippen LogP contribution in [0.4, 0.5) is 16.4 Å². The standard InChI is InChI=1S/C15H20N6O/c1-20(13-4-6-16-7-5-13)14-17-10-12(11-18-14)19-15(22)21-8-2-3-9-21/h2-3,8-11,13,16H,4-7H2,1H3,(H,19,22). The summed E-state index contributed by atoms with van der Waals surface area (Å²) in [6.45, 7) is 2.06. The van der Waals surface area contributed by atoms with Crippen LogP contribution in [0.25, 0.3) is 0 Å². The molecule has 1 saturated heterocycles. The van der Waals surface area contributed by atoms with E-state index in [-0.39, 0.29) is 6.03 Å². The Morgan fingerprint density at radius 1 is 1.27 bits per heavy atom. The molecule has 0 aromatic carbocycles. The van der Waals surface area contributed by atoms with E-state index in [1.54, 1.807) is 36.9 Å². The molecule has 116 valence electrons. The zero-order valence-electron chi connectivity index (χ0n) is 12.6. The molecule has 1 fully saturated rings. The van der Waals surface area contributed by atoms with Gasteiger partial charge in [0.05, 0.1) is 18.1 Å². The summed E-state index contributed by atoms with van der Waals surface area (Å²) in [7, 11) is 2.02. The lowest BCUT2D eigenvalue weighted by Gasteiger charge is -2.31. The lowest BCUT2D eigenvalue weighted by atomic mass is 10.1. The van der Waals surface area contributed by atoms with Gasteiger partial charge in [0.15, 0.2) is 0 Å². The molecule has 0 radical (unpaired) electrons. The van der Waals surface area contributed by atoms with E-state index in [0.29, 0.717) is 17.7 Å². The van der Waals surface area contributed by atoms with Crippen LogP contribution in [0.15, 0.2) is 36.9 Å². The maximum atomic E-state index is 11.9. The molecule has 0 bridgehead atoms. The number of hydrogen-bond donors (Lipinski definition) is 2. The smallest absolute Gasteiger partial charge is 0.330 e. The van der Waals surface area contributed by atoms with E-state index in [1.807, 2.05) is 7.05 Å². The Labute approximate surface area is 129 Å². The lowest BCUT2D eigenvalue weighted by Crippen LogP contribution is -2.41. The van der Waals surface area contributed by atoms with E-state index in [0.717, 1.165) is 25.9 Å². The van der Waals surface area contributed by atoms with Crippen molar-refractivity contribution in [2.45, 2.75) is 18.9 Å². The number of amides is 1. The number of nitrogens with zero attached hydrogens (tertiary/aromatic N) is 4. The first-order valence-electron chi connectivity index (χ1n) is 7.44. The molecule has 1 aliphatic rings. The normalized spacial score (nSPS) is 15.5. The van der Waals surface area contributed by atoms with Crippen LogP contribution in [-0.4, -0.2) is 46.7 Å². The van der Waals surface area contributed by atoms with Gasteiger partial charge in [-0.25, -0.2) is 14.8 Å². The highest BCUT2D eigenvalue weighted by Gasteiger charge is 2.19. The van der Waals surface area contributed by atoms with Gasteiger partial charge in [0.2, 0.25) is 5.95 Å². The summed E-state index contributed by atoms with van der Waals surface area (Å²) < 4.78 is 1.47. The van der Waals surface area contributed by atoms with Crippen LogP contribution in [-0.2, 0) is 0 Å². The van der Waals surface area contributed by atoms with Gasteiger partial charge in [-0.15, -0.1) is 0 Å². The highest BCUT2D eigenvalue weighted by atomic mass is 16.2. The molecule has 2 aromatic heterocycles. The van der Waals surface area contributed by atoms with Gasteiger partial charge >= 0.3 is 6.03 Å². The van der Waals surface area contributed by atoms with Gasteiger partial charge in [-0.05, 0) is 38.1 Å². The molecule has 0 saturated carbocycles. The second-order valence-electron chi connectivity index (χ2n) is 5.38. The molecule has 0 atom stereocenters. The molecule has 3 heterocycles. The average Bonchev–Trinajstić information content (AvgIpc) is 3.10. The molecule has 2 aromatic rings. The molecule has 7 nitrogen and oxygen atoms in total. The summed E-state index contributed by atoms with van der Waals surface area (Å²) >= 11 is 0. The molecule has 7 heteroatoms. The minimum absolute atomic E-state index is 0.229. The second-order valence-corrected chi connectivity index (χ2v) is 5.38.